The van der Waals surface area contributed by atoms with Crippen molar-refractivity contribution in [3.05, 3.63) is 82.3 Å². The van der Waals surface area contributed by atoms with Crippen molar-refractivity contribution in [2.45, 2.75) is 25.9 Å². The van der Waals surface area contributed by atoms with Crippen LogP contribution >= 0.6 is 0 Å². The van der Waals surface area contributed by atoms with E-state index in [1.165, 1.54) is 4.68 Å². The third kappa shape index (κ3) is 5.39. The summed E-state index contributed by atoms with van der Waals surface area (Å²) in [6.07, 6.45) is 3.38. The lowest BCUT2D eigenvalue weighted by Crippen LogP contribution is -2.43. The summed E-state index contributed by atoms with van der Waals surface area (Å²) >= 11 is 0. The van der Waals surface area contributed by atoms with Crippen molar-refractivity contribution in [1.29, 1.82) is 0 Å². The lowest BCUT2D eigenvalue weighted by Gasteiger charge is -2.33. The molecule has 2 heterocycles. The van der Waals surface area contributed by atoms with Crippen LogP contribution in [0.25, 0.3) is 0 Å². The molecule has 0 bridgehead atoms. The molecule has 8 heteroatoms. The van der Waals surface area contributed by atoms with Gasteiger partial charge in [-0.25, -0.2) is 4.68 Å². The lowest BCUT2D eigenvalue weighted by atomic mass is 9.96. The number of hydrogen-bond acceptors (Lipinski definition) is 6. The number of nitrogens with one attached hydrogen (secondary N) is 1. The van der Waals surface area contributed by atoms with Crippen LogP contribution < -0.4 is 25.2 Å². The van der Waals surface area contributed by atoms with E-state index in [1.54, 1.807) is 26.5 Å². The Kier molecular flexibility index (Phi) is 7.47. The Labute approximate surface area is 199 Å². The normalized spacial score (nSPS) is 15.6. The Hall–Kier alpha value is -3.81. The fraction of sp³-hybridized carbons (Fsp3) is 0.346. The van der Waals surface area contributed by atoms with Crippen LogP contribution in [0.5, 0.6) is 11.5 Å². The molecule has 0 spiro atoms. The maximum Gasteiger partial charge on any atom is 0.269 e. The van der Waals surface area contributed by atoms with Crippen LogP contribution in [0.3, 0.4) is 0 Å². The number of methoxy groups -OCH3 is 2. The number of anilines is 1. The minimum absolute atomic E-state index is 0.0139. The van der Waals surface area contributed by atoms with Gasteiger partial charge in [0, 0.05) is 31.3 Å². The van der Waals surface area contributed by atoms with Gasteiger partial charge in [-0.1, -0.05) is 42.5 Å². The summed E-state index contributed by atoms with van der Waals surface area (Å²) < 4.78 is 12.2. The lowest BCUT2D eigenvalue weighted by molar-refractivity contribution is -0.125. The Morgan fingerprint density at radius 2 is 1.94 bits per heavy atom. The fourth-order valence-corrected chi connectivity index (χ4v) is 4.32. The van der Waals surface area contributed by atoms with Gasteiger partial charge in [-0.05, 0) is 24.5 Å². The van der Waals surface area contributed by atoms with Crippen LogP contribution in [0.15, 0.2) is 65.6 Å². The summed E-state index contributed by atoms with van der Waals surface area (Å²) in [7, 11) is 3.18. The van der Waals surface area contributed by atoms with Gasteiger partial charge in [0.2, 0.25) is 5.91 Å². The number of rotatable bonds is 8. The number of benzene rings is 2. The van der Waals surface area contributed by atoms with E-state index in [0.29, 0.717) is 31.1 Å². The SMILES string of the molecule is COc1cccc(CNC(=O)[C@H]2CCCN(c3cnn(Cc4ccccc4)c(=O)c3)C2)c1OC. The highest BCUT2D eigenvalue weighted by atomic mass is 16.5. The highest BCUT2D eigenvalue weighted by Gasteiger charge is 2.26. The molecule has 0 radical (unpaired) electrons. The summed E-state index contributed by atoms with van der Waals surface area (Å²) in [5, 5.41) is 7.40. The molecule has 1 aliphatic heterocycles. The number of carbonyl (C=O) groups is 1. The minimum Gasteiger partial charge on any atom is -0.493 e. The van der Waals surface area contributed by atoms with Crippen LogP contribution in [0.2, 0.25) is 0 Å². The van der Waals surface area contributed by atoms with E-state index in [-0.39, 0.29) is 17.4 Å². The predicted octanol–water partition coefficient (Wildman–Crippen LogP) is 2.84. The number of para-hydroxylation sites is 1. The number of carbonyl (C=O) groups excluding carboxylic acids is 1. The smallest absolute Gasteiger partial charge is 0.269 e. The first-order valence-corrected chi connectivity index (χ1v) is 11.4. The van der Waals surface area contributed by atoms with E-state index in [2.05, 4.69) is 15.3 Å². The second kappa shape index (κ2) is 10.9. The standard InChI is InChI=1S/C26H30N4O4/c1-33-23-12-6-10-20(25(23)34-2)15-27-26(32)21-11-7-13-29(18-21)22-14-24(31)30(28-16-22)17-19-8-4-3-5-9-19/h3-6,8-10,12,14,16,21H,7,11,13,15,17-18H2,1-2H3,(H,27,32)/t21-/m0/s1. The van der Waals surface area contributed by atoms with Crippen molar-refractivity contribution >= 4 is 11.6 Å². The van der Waals surface area contributed by atoms with Crippen molar-refractivity contribution in [2.24, 2.45) is 5.92 Å². The maximum atomic E-state index is 12.9. The van der Waals surface area contributed by atoms with Crippen molar-refractivity contribution in [1.82, 2.24) is 15.1 Å². The van der Waals surface area contributed by atoms with Gasteiger partial charge in [0.15, 0.2) is 11.5 Å². The number of aromatic nitrogens is 2. The van der Waals surface area contributed by atoms with Crippen molar-refractivity contribution in [3.8, 4) is 11.5 Å². The second-order valence-electron chi connectivity index (χ2n) is 8.35. The molecule has 0 unspecified atom stereocenters. The van der Waals surface area contributed by atoms with E-state index in [9.17, 15) is 9.59 Å². The molecule has 1 amide bonds. The minimum atomic E-state index is -0.169. The highest BCUT2D eigenvalue weighted by Crippen LogP contribution is 2.30. The quantitative estimate of drug-likeness (QED) is 0.554. The number of nitrogens with zero attached hydrogens (tertiary/aromatic N) is 3. The van der Waals surface area contributed by atoms with Crippen LogP contribution in [0, 0.1) is 5.92 Å². The number of amides is 1. The van der Waals surface area contributed by atoms with Crippen LogP contribution in [-0.4, -0.2) is 43.0 Å². The van der Waals surface area contributed by atoms with Gasteiger partial charge in [-0.2, -0.15) is 5.10 Å². The van der Waals surface area contributed by atoms with Gasteiger partial charge in [-0.15, -0.1) is 0 Å². The zero-order valence-corrected chi connectivity index (χ0v) is 19.6. The van der Waals surface area contributed by atoms with Gasteiger partial charge in [0.05, 0.1) is 38.6 Å². The third-order valence-corrected chi connectivity index (χ3v) is 6.13. The molecule has 0 saturated carbocycles. The molecule has 34 heavy (non-hydrogen) atoms. The molecule has 8 nitrogen and oxygen atoms in total. The largest absolute Gasteiger partial charge is 0.493 e. The molecule has 1 N–H and O–H groups in total. The average Bonchev–Trinajstić information content (AvgIpc) is 2.88. The topological polar surface area (TPSA) is 85.7 Å². The average molecular weight is 463 g/mol. The molecule has 4 rings (SSSR count). The monoisotopic (exact) mass is 462 g/mol. The molecule has 1 fully saturated rings. The van der Waals surface area contributed by atoms with Crippen LogP contribution in [0.1, 0.15) is 24.0 Å². The van der Waals surface area contributed by atoms with Crippen molar-refractivity contribution in [3.63, 3.8) is 0 Å². The molecule has 0 aliphatic carbocycles. The van der Waals surface area contributed by atoms with Crippen LogP contribution in [0.4, 0.5) is 5.69 Å². The number of ether oxygens (including phenoxy) is 2. The highest BCUT2D eigenvalue weighted by molar-refractivity contribution is 5.79. The summed E-state index contributed by atoms with van der Waals surface area (Å²) in [6.45, 7) is 2.12. The van der Waals surface area contributed by atoms with Crippen molar-refractivity contribution < 1.29 is 14.3 Å². The Morgan fingerprint density at radius 1 is 1.12 bits per heavy atom. The number of hydrogen-bond donors (Lipinski definition) is 1. The zero-order chi connectivity index (χ0) is 23.9. The molecule has 3 aromatic rings. The number of piperidine rings is 1. The summed E-state index contributed by atoms with van der Waals surface area (Å²) in [5.41, 5.74) is 2.47. The first-order chi connectivity index (χ1) is 16.6. The van der Waals surface area contributed by atoms with E-state index in [1.807, 2.05) is 48.5 Å². The Balaban J connectivity index is 1.39. The maximum absolute atomic E-state index is 12.9. The predicted molar refractivity (Wildman–Crippen MR) is 130 cm³/mol. The van der Waals surface area contributed by atoms with Gasteiger partial charge < -0.3 is 19.7 Å². The van der Waals surface area contributed by atoms with E-state index < -0.39 is 0 Å². The molecule has 1 saturated heterocycles. The third-order valence-electron chi connectivity index (χ3n) is 6.13. The molecular weight excluding hydrogens is 432 g/mol. The first kappa shape index (κ1) is 23.4. The fourth-order valence-electron chi connectivity index (χ4n) is 4.32. The van der Waals surface area contributed by atoms with Crippen molar-refractivity contribution in [2.75, 3.05) is 32.2 Å². The molecule has 1 aliphatic rings. The zero-order valence-electron chi connectivity index (χ0n) is 19.6. The molecular formula is C26H30N4O4. The molecule has 1 aromatic heterocycles. The van der Waals surface area contributed by atoms with Gasteiger partial charge in [0.1, 0.15) is 0 Å². The van der Waals surface area contributed by atoms with E-state index >= 15 is 0 Å². The van der Waals surface area contributed by atoms with E-state index in [0.717, 1.165) is 36.2 Å². The molecule has 1 atom stereocenters. The van der Waals surface area contributed by atoms with Gasteiger partial charge in [-0.3, -0.25) is 9.59 Å². The first-order valence-electron chi connectivity index (χ1n) is 11.4. The molecule has 2 aromatic carbocycles. The van der Waals surface area contributed by atoms with E-state index in [4.69, 9.17) is 9.47 Å². The Bertz CT molecular complexity index is 1180. The van der Waals surface area contributed by atoms with Gasteiger partial charge in [0.25, 0.3) is 5.56 Å². The van der Waals surface area contributed by atoms with Crippen LogP contribution in [-0.2, 0) is 17.9 Å². The summed E-state index contributed by atoms with van der Waals surface area (Å²) in [5.74, 6) is 1.07. The van der Waals surface area contributed by atoms with Gasteiger partial charge >= 0.3 is 0 Å². The summed E-state index contributed by atoms with van der Waals surface area (Å²) in [4.78, 5) is 27.7. The summed E-state index contributed by atoms with van der Waals surface area (Å²) in [6, 6.07) is 17.0. The Morgan fingerprint density at radius 3 is 2.68 bits per heavy atom. The molecule has 178 valence electrons. The second-order valence-corrected chi connectivity index (χ2v) is 8.35.